The zero-order valence-corrected chi connectivity index (χ0v) is 42.1. The third-order valence-electron chi connectivity index (χ3n) is 13.1. The zero-order valence-electron chi connectivity index (χ0n) is 42.1. The first-order valence-corrected chi connectivity index (χ1v) is 24.0. The fraction of sp³-hybridized carbons (Fsp3) is 0.618. The smallest absolute Gasteiger partial charge is 0.249 e. The number of likely N-dealkylation sites (N-methyl/N-ethyl adjacent to an activating group) is 3. The molecule has 66 heavy (non-hydrogen) atoms. The van der Waals surface area contributed by atoms with Crippen molar-refractivity contribution in [1.29, 1.82) is 0 Å². The largest absolute Gasteiger partial charge is 0.378 e. The Kier molecular flexibility index (Phi) is 26.1. The second-order valence-electron chi connectivity index (χ2n) is 18.8. The molecule has 4 aliphatic carbocycles. The van der Waals surface area contributed by atoms with E-state index in [2.05, 4.69) is 44.7 Å². The van der Waals surface area contributed by atoms with Crippen LogP contribution in [-0.2, 0) is 28.7 Å². The van der Waals surface area contributed by atoms with Crippen molar-refractivity contribution < 1.29 is 28.7 Å². The summed E-state index contributed by atoms with van der Waals surface area (Å²) in [5.74, 6) is 3.10. The molecule has 2 aliphatic heterocycles. The number of morpholine rings is 1. The van der Waals surface area contributed by atoms with Crippen LogP contribution in [0.2, 0.25) is 0 Å². The maximum absolute atomic E-state index is 12.4. The molecule has 2 heterocycles. The van der Waals surface area contributed by atoms with Crippen LogP contribution in [0.3, 0.4) is 0 Å². The number of likely N-dealkylation sites (tertiary alicyclic amines) is 1. The Morgan fingerprint density at radius 3 is 1.38 bits per heavy atom. The minimum Gasteiger partial charge on any atom is -0.378 e. The van der Waals surface area contributed by atoms with Crippen LogP contribution in [0.25, 0.3) is 0 Å². The summed E-state index contributed by atoms with van der Waals surface area (Å²) in [4.78, 5) is 67.1. The Hall–Kier alpha value is -4.77. The lowest BCUT2D eigenvalue weighted by Crippen LogP contribution is -2.61. The molecule has 4 saturated carbocycles. The molecule has 6 fully saturated rings. The lowest BCUT2D eigenvalue weighted by Gasteiger charge is -2.60. The van der Waals surface area contributed by atoms with Gasteiger partial charge in [0.1, 0.15) is 0 Å². The van der Waals surface area contributed by atoms with Gasteiger partial charge in [-0.05, 0) is 143 Å². The summed E-state index contributed by atoms with van der Waals surface area (Å²) < 4.78 is 5.11. The van der Waals surface area contributed by atoms with Crippen LogP contribution in [0.15, 0.2) is 91.1 Å². The van der Waals surface area contributed by atoms with Crippen LogP contribution in [0.5, 0.6) is 0 Å². The molecule has 11 nitrogen and oxygen atoms in total. The predicted octanol–water partition coefficient (Wildman–Crippen LogP) is 10.2. The molecule has 1 unspecified atom stereocenters. The van der Waals surface area contributed by atoms with Gasteiger partial charge < -0.3 is 29.2 Å². The van der Waals surface area contributed by atoms with Gasteiger partial charge in [0.25, 0.3) is 0 Å². The maximum Gasteiger partial charge on any atom is 0.249 e. The van der Waals surface area contributed by atoms with Gasteiger partial charge in [-0.15, -0.1) is 0 Å². The van der Waals surface area contributed by atoms with E-state index in [1.165, 1.54) is 44.9 Å². The number of ether oxygens (including phenoxy) is 1. The first-order valence-electron chi connectivity index (χ1n) is 24.0. The average molecular weight is 916 g/mol. The summed E-state index contributed by atoms with van der Waals surface area (Å²) >= 11 is 0. The highest BCUT2D eigenvalue weighted by atomic mass is 16.5. The van der Waals surface area contributed by atoms with E-state index in [0.29, 0.717) is 54.2 Å². The highest BCUT2D eigenvalue weighted by Gasteiger charge is 2.54. The third-order valence-corrected chi connectivity index (χ3v) is 13.1. The average Bonchev–Trinajstić information content (AvgIpc) is 3.29. The molecule has 1 atom stereocenters. The quantitative estimate of drug-likeness (QED) is 0.205. The normalized spacial score (nSPS) is 21.3. The molecule has 0 aromatic heterocycles. The van der Waals surface area contributed by atoms with Gasteiger partial charge in [-0.25, -0.2) is 0 Å². The molecule has 1 aromatic carbocycles. The van der Waals surface area contributed by atoms with Crippen LogP contribution in [-0.4, -0.2) is 126 Å². The molecule has 370 valence electrons. The SMILES string of the molecule is C.C=C(C)C(=O)N(C)C(C)c1ccccc1.C=C(C)C(=O)N(CC)C12CC3CC(CC(C3)C1)C2.C=C(C)C(=O)N(CC)CC.C=C(C)C(=O)N1CCCCC1.C=C(C)C(=O)N1CCOCC1. The van der Waals surface area contributed by atoms with Crippen molar-refractivity contribution >= 4 is 29.5 Å². The fourth-order valence-electron chi connectivity index (χ4n) is 9.94. The van der Waals surface area contributed by atoms with Crippen LogP contribution in [0.4, 0.5) is 0 Å². The minimum atomic E-state index is -0.00801. The number of carbonyl (C=O) groups excluding carboxylic acids is 5. The molecule has 5 amide bonds. The zero-order chi connectivity index (χ0) is 49.0. The Labute approximate surface area is 401 Å². The van der Waals surface area contributed by atoms with Gasteiger partial charge >= 0.3 is 0 Å². The second kappa shape index (κ2) is 29.1. The van der Waals surface area contributed by atoms with Crippen LogP contribution in [0.1, 0.15) is 139 Å². The fourth-order valence-corrected chi connectivity index (χ4v) is 9.94. The summed E-state index contributed by atoms with van der Waals surface area (Å²) in [7, 11) is 1.80. The lowest BCUT2D eigenvalue weighted by molar-refractivity contribution is -0.146. The monoisotopic (exact) mass is 916 g/mol. The van der Waals surface area contributed by atoms with Crippen molar-refractivity contribution in [1.82, 2.24) is 24.5 Å². The molecule has 0 spiro atoms. The van der Waals surface area contributed by atoms with Crippen molar-refractivity contribution in [3.8, 4) is 0 Å². The van der Waals surface area contributed by atoms with Gasteiger partial charge in [0, 0.05) is 86.3 Å². The second-order valence-corrected chi connectivity index (χ2v) is 18.8. The standard InChI is InChI=1S/C16H25NO.C13H17NO.C9H15NO.C8H13NO2.C8H15NO.CH4/c1-4-17(15(18)11(2)3)16-8-12-5-13(9-16)7-14(6-12)10-16;1-10(2)13(15)14(4)11(3)12-8-6-5-7-9-12;1-8(2)9(11)10-6-4-3-5-7-10;1-7(2)8(10)9-3-5-11-6-4-9;1-5-9(6-2)8(10)7(3)4;/h12-14H,2,4-10H2,1,3H3;5-9,11H,1H2,2-4H3;1,3-7H2,2H3;1,3-6H2,2H3;3,5-6H2,1-2,4H3;1H4. The number of piperidine rings is 1. The molecular formula is C55H89N5O6. The Morgan fingerprint density at radius 2 is 1.03 bits per heavy atom. The van der Waals surface area contributed by atoms with Crippen molar-refractivity contribution in [3.63, 3.8) is 0 Å². The molecule has 4 bridgehead atoms. The van der Waals surface area contributed by atoms with E-state index in [9.17, 15) is 24.0 Å². The number of nitrogens with zero attached hydrogens (tertiary/aromatic N) is 5. The van der Waals surface area contributed by atoms with Crippen molar-refractivity contribution in [2.75, 3.05) is 66.1 Å². The van der Waals surface area contributed by atoms with E-state index in [4.69, 9.17) is 4.74 Å². The Morgan fingerprint density at radius 1 is 0.621 bits per heavy atom. The summed E-state index contributed by atoms with van der Waals surface area (Å²) in [6, 6.07) is 10.0. The lowest BCUT2D eigenvalue weighted by atomic mass is 9.52. The molecule has 0 N–H and O–H groups in total. The summed E-state index contributed by atoms with van der Waals surface area (Å²) in [5, 5.41) is 0. The van der Waals surface area contributed by atoms with E-state index in [1.54, 1.807) is 49.4 Å². The first kappa shape index (κ1) is 59.2. The summed E-state index contributed by atoms with van der Waals surface area (Å²) in [6.07, 6.45) is 11.6. The highest BCUT2D eigenvalue weighted by Crippen LogP contribution is 2.58. The molecule has 2 saturated heterocycles. The number of rotatable bonds is 11. The molecular weight excluding hydrogens is 827 g/mol. The Bertz CT molecular complexity index is 1730. The van der Waals surface area contributed by atoms with Gasteiger partial charge in [0.15, 0.2) is 0 Å². The minimum absolute atomic E-state index is 0. The van der Waals surface area contributed by atoms with Gasteiger partial charge in [0.05, 0.1) is 19.3 Å². The van der Waals surface area contributed by atoms with Gasteiger partial charge in [-0.3, -0.25) is 24.0 Å². The highest BCUT2D eigenvalue weighted by molar-refractivity contribution is 5.94. The van der Waals surface area contributed by atoms with Crippen molar-refractivity contribution in [2.45, 2.75) is 139 Å². The summed E-state index contributed by atoms with van der Waals surface area (Å²) in [6.45, 7) is 42.2. The van der Waals surface area contributed by atoms with E-state index < -0.39 is 0 Å². The van der Waals surface area contributed by atoms with Gasteiger partial charge in [-0.1, -0.05) is 70.7 Å². The van der Waals surface area contributed by atoms with Gasteiger partial charge in [-0.2, -0.15) is 0 Å². The molecule has 1 aromatic rings. The maximum atomic E-state index is 12.4. The molecule has 0 radical (unpaired) electrons. The number of hydrogen-bond acceptors (Lipinski definition) is 6. The predicted molar refractivity (Wildman–Crippen MR) is 272 cm³/mol. The van der Waals surface area contributed by atoms with E-state index in [0.717, 1.165) is 68.9 Å². The number of benzene rings is 1. The van der Waals surface area contributed by atoms with Crippen LogP contribution < -0.4 is 0 Å². The van der Waals surface area contributed by atoms with Crippen molar-refractivity contribution in [2.24, 2.45) is 17.8 Å². The van der Waals surface area contributed by atoms with Gasteiger partial charge in [0.2, 0.25) is 29.5 Å². The van der Waals surface area contributed by atoms with Crippen LogP contribution >= 0.6 is 0 Å². The topological polar surface area (TPSA) is 111 Å². The Balaban J connectivity index is 0.000000420. The molecule has 11 heteroatoms. The first-order chi connectivity index (χ1) is 30.6. The van der Waals surface area contributed by atoms with E-state index in [-0.39, 0.29) is 48.5 Å². The summed E-state index contributed by atoms with van der Waals surface area (Å²) in [5.41, 5.74) is 4.48. The molecule has 7 rings (SSSR count). The van der Waals surface area contributed by atoms with E-state index >= 15 is 0 Å². The van der Waals surface area contributed by atoms with Crippen molar-refractivity contribution in [3.05, 3.63) is 96.7 Å². The number of hydrogen-bond donors (Lipinski definition) is 0. The number of carbonyl (C=O) groups is 5. The van der Waals surface area contributed by atoms with Crippen LogP contribution in [0, 0.1) is 17.8 Å². The van der Waals surface area contributed by atoms with E-state index in [1.807, 2.05) is 62.9 Å². The number of amides is 5. The molecule has 6 aliphatic rings. The third kappa shape index (κ3) is 17.8.